The highest BCUT2D eigenvalue weighted by atomic mass is 16.5. The summed E-state index contributed by atoms with van der Waals surface area (Å²) in [4.78, 5) is 4.58. The summed E-state index contributed by atoms with van der Waals surface area (Å²) in [6.07, 6.45) is 0. The van der Waals surface area contributed by atoms with Crippen LogP contribution >= 0.6 is 0 Å². The first-order chi connectivity index (χ1) is 9.46. The number of fused-ring (bicyclic) bond motifs is 1. The number of rotatable bonds is 5. The number of nitrogens with one attached hydrogen (secondary N) is 1. The van der Waals surface area contributed by atoms with Crippen LogP contribution in [-0.2, 0) is 4.74 Å². The number of hydrogen-bond donors (Lipinski definition) is 1. The lowest BCUT2D eigenvalue weighted by Crippen LogP contribution is -2.32. The quantitative estimate of drug-likeness (QED) is 0.907. The average molecular weight is 274 g/mol. The number of aromatic nitrogens is 1. The number of anilines is 1. The van der Waals surface area contributed by atoms with Crippen LogP contribution in [0.5, 0.6) is 5.75 Å². The molecule has 0 saturated carbocycles. The van der Waals surface area contributed by atoms with E-state index in [2.05, 4.69) is 24.1 Å². The molecule has 108 valence electrons. The molecule has 2 rings (SSSR count). The van der Waals surface area contributed by atoms with E-state index in [1.165, 1.54) is 0 Å². The molecule has 4 heteroatoms. The summed E-state index contributed by atoms with van der Waals surface area (Å²) in [7, 11) is 3.39. The maximum atomic E-state index is 5.44. The van der Waals surface area contributed by atoms with Gasteiger partial charge in [0.1, 0.15) is 11.3 Å². The molecule has 0 atom stereocenters. The molecule has 20 heavy (non-hydrogen) atoms. The number of ether oxygens (including phenoxy) is 2. The molecular weight excluding hydrogens is 252 g/mol. The second-order valence-electron chi connectivity index (χ2n) is 5.49. The van der Waals surface area contributed by atoms with Crippen LogP contribution in [0.2, 0.25) is 0 Å². The van der Waals surface area contributed by atoms with Crippen LogP contribution in [-0.4, -0.2) is 31.3 Å². The average Bonchev–Trinajstić information content (AvgIpc) is 2.44. The van der Waals surface area contributed by atoms with Gasteiger partial charge >= 0.3 is 0 Å². The number of pyridine rings is 1. The van der Waals surface area contributed by atoms with Gasteiger partial charge in [0.15, 0.2) is 0 Å². The zero-order chi connectivity index (χ0) is 14.8. The van der Waals surface area contributed by atoms with Crippen molar-refractivity contribution in [3.63, 3.8) is 0 Å². The van der Waals surface area contributed by atoms with Gasteiger partial charge in [-0.25, -0.2) is 4.98 Å². The molecule has 0 aliphatic rings. The topological polar surface area (TPSA) is 43.4 Å². The summed E-state index contributed by atoms with van der Waals surface area (Å²) in [5.41, 5.74) is 2.67. The van der Waals surface area contributed by atoms with Crippen LogP contribution in [0.1, 0.15) is 19.5 Å². The molecule has 1 aromatic carbocycles. The van der Waals surface area contributed by atoms with Gasteiger partial charge in [-0.15, -0.1) is 0 Å². The van der Waals surface area contributed by atoms with Crippen molar-refractivity contribution in [1.29, 1.82) is 0 Å². The molecule has 1 heterocycles. The molecule has 2 aromatic rings. The minimum Gasteiger partial charge on any atom is -0.494 e. The number of methoxy groups -OCH3 is 2. The van der Waals surface area contributed by atoms with Gasteiger partial charge in [-0.2, -0.15) is 0 Å². The second kappa shape index (κ2) is 5.67. The molecule has 0 amide bonds. The van der Waals surface area contributed by atoms with E-state index in [4.69, 9.17) is 9.47 Å². The van der Waals surface area contributed by atoms with Gasteiger partial charge in [0.25, 0.3) is 0 Å². The molecule has 0 radical (unpaired) electrons. The van der Waals surface area contributed by atoms with Crippen molar-refractivity contribution in [1.82, 2.24) is 4.98 Å². The standard InChI is InChI=1S/C16H22N2O2/c1-11-9-13(17-10-16(2,3)20-5)12-7-6-8-14(19-4)15(12)18-11/h6-9H,10H2,1-5H3,(H,17,18). The predicted octanol–water partition coefficient (Wildman–Crippen LogP) is 3.39. The zero-order valence-corrected chi connectivity index (χ0v) is 12.8. The molecule has 0 fully saturated rings. The van der Waals surface area contributed by atoms with Gasteiger partial charge in [0.05, 0.1) is 12.7 Å². The molecule has 1 aromatic heterocycles. The number of nitrogens with zero attached hydrogens (tertiary/aromatic N) is 1. The van der Waals surface area contributed by atoms with Crippen molar-refractivity contribution in [2.75, 3.05) is 26.1 Å². The Bertz CT molecular complexity index is 609. The fourth-order valence-electron chi connectivity index (χ4n) is 2.04. The zero-order valence-electron chi connectivity index (χ0n) is 12.8. The van der Waals surface area contributed by atoms with Gasteiger partial charge in [0.2, 0.25) is 0 Å². The number of para-hydroxylation sites is 1. The Morgan fingerprint density at radius 3 is 2.65 bits per heavy atom. The first-order valence-electron chi connectivity index (χ1n) is 6.70. The Hall–Kier alpha value is -1.81. The first kappa shape index (κ1) is 14.6. The monoisotopic (exact) mass is 274 g/mol. The molecule has 0 bridgehead atoms. The minimum atomic E-state index is -0.220. The van der Waals surface area contributed by atoms with E-state index in [1.807, 2.05) is 31.2 Å². The summed E-state index contributed by atoms with van der Waals surface area (Å²) in [5.74, 6) is 0.792. The van der Waals surface area contributed by atoms with Gasteiger partial charge in [-0.05, 0) is 32.9 Å². The molecule has 1 N–H and O–H groups in total. The molecule has 0 spiro atoms. The van der Waals surface area contributed by atoms with Crippen molar-refractivity contribution in [2.45, 2.75) is 26.4 Å². The second-order valence-corrected chi connectivity index (χ2v) is 5.49. The van der Waals surface area contributed by atoms with Crippen molar-refractivity contribution < 1.29 is 9.47 Å². The fraction of sp³-hybridized carbons (Fsp3) is 0.438. The molecule has 0 saturated heterocycles. The summed E-state index contributed by atoms with van der Waals surface area (Å²) in [6, 6.07) is 8.00. The number of hydrogen-bond acceptors (Lipinski definition) is 4. The predicted molar refractivity (Wildman–Crippen MR) is 82.6 cm³/mol. The SMILES string of the molecule is COc1cccc2c(NCC(C)(C)OC)cc(C)nc12. The normalized spacial score (nSPS) is 11.7. The van der Waals surface area contributed by atoms with Crippen molar-refractivity contribution in [3.05, 3.63) is 30.0 Å². The lowest BCUT2D eigenvalue weighted by molar-refractivity contribution is 0.0344. The van der Waals surface area contributed by atoms with Gasteiger partial charge in [0, 0.05) is 30.4 Å². The fourth-order valence-corrected chi connectivity index (χ4v) is 2.04. The molecule has 0 unspecified atom stereocenters. The summed E-state index contributed by atoms with van der Waals surface area (Å²) < 4.78 is 10.8. The third-order valence-corrected chi connectivity index (χ3v) is 3.41. The highest BCUT2D eigenvalue weighted by Crippen LogP contribution is 2.30. The third-order valence-electron chi connectivity index (χ3n) is 3.41. The Balaban J connectivity index is 2.43. The largest absolute Gasteiger partial charge is 0.494 e. The van der Waals surface area contributed by atoms with E-state index in [0.29, 0.717) is 0 Å². The van der Waals surface area contributed by atoms with Crippen LogP contribution in [0.3, 0.4) is 0 Å². The van der Waals surface area contributed by atoms with E-state index < -0.39 is 0 Å². The molecule has 0 aliphatic heterocycles. The summed E-state index contributed by atoms with van der Waals surface area (Å²) in [5, 5.41) is 4.51. The summed E-state index contributed by atoms with van der Waals surface area (Å²) in [6.45, 7) is 6.81. The Kier molecular flexibility index (Phi) is 4.14. The van der Waals surface area contributed by atoms with E-state index >= 15 is 0 Å². The van der Waals surface area contributed by atoms with Crippen LogP contribution in [0.4, 0.5) is 5.69 Å². The third kappa shape index (κ3) is 3.02. The maximum Gasteiger partial charge on any atom is 0.145 e. The van der Waals surface area contributed by atoms with Crippen molar-refractivity contribution in [3.8, 4) is 5.75 Å². The lowest BCUT2D eigenvalue weighted by atomic mass is 10.1. The Morgan fingerprint density at radius 1 is 1.25 bits per heavy atom. The number of aryl methyl sites for hydroxylation is 1. The van der Waals surface area contributed by atoms with E-state index in [1.54, 1.807) is 14.2 Å². The van der Waals surface area contributed by atoms with Gasteiger partial charge in [-0.1, -0.05) is 12.1 Å². The van der Waals surface area contributed by atoms with Crippen LogP contribution in [0, 0.1) is 6.92 Å². The smallest absolute Gasteiger partial charge is 0.145 e. The van der Waals surface area contributed by atoms with Crippen molar-refractivity contribution >= 4 is 16.6 Å². The summed E-state index contributed by atoms with van der Waals surface area (Å²) >= 11 is 0. The number of benzene rings is 1. The Morgan fingerprint density at radius 2 is 2.00 bits per heavy atom. The van der Waals surface area contributed by atoms with Gasteiger partial charge in [-0.3, -0.25) is 0 Å². The lowest BCUT2D eigenvalue weighted by Gasteiger charge is -2.24. The minimum absolute atomic E-state index is 0.220. The Labute approximate surface area is 120 Å². The van der Waals surface area contributed by atoms with Crippen LogP contribution < -0.4 is 10.1 Å². The van der Waals surface area contributed by atoms with E-state index in [-0.39, 0.29) is 5.60 Å². The first-order valence-corrected chi connectivity index (χ1v) is 6.70. The van der Waals surface area contributed by atoms with Crippen LogP contribution in [0.15, 0.2) is 24.3 Å². The van der Waals surface area contributed by atoms with Crippen LogP contribution in [0.25, 0.3) is 10.9 Å². The highest BCUT2D eigenvalue weighted by Gasteiger charge is 2.17. The van der Waals surface area contributed by atoms with E-state index in [0.717, 1.165) is 34.6 Å². The van der Waals surface area contributed by atoms with Gasteiger partial charge < -0.3 is 14.8 Å². The maximum absolute atomic E-state index is 5.44. The van der Waals surface area contributed by atoms with Crippen molar-refractivity contribution in [2.24, 2.45) is 0 Å². The molecular formula is C16H22N2O2. The molecule has 4 nitrogen and oxygen atoms in total. The van der Waals surface area contributed by atoms with E-state index in [9.17, 15) is 0 Å². The highest BCUT2D eigenvalue weighted by molar-refractivity contribution is 5.95. The molecule has 0 aliphatic carbocycles.